The Kier molecular flexibility index (Phi) is 6.23. The number of pyridine rings is 1. The number of benzene rings is 1. The van der Waals surface area contributed by atoms with Crippen LogP contribution in [0.4, 0.5) is 5.69 Å². The van der Waals surface area contributed by atoms with Crippen LogP contribution in [0.3, 0.4) is 0 Å². The number of imidazole rings is 1. The van der Waals surface area contributed by atoms with Crippen LogP contribution in [-0.2, 0) is 4.79 Å². The van der Waals surface area contributed by atoms with Crippen LogP contribution in [0, 0.1) is 13.8 Å². The van der Waals surface area contributed by atoms with Gasteiger partial charge in [0.05, 0.1) is 5.69 Å². The predicted molar refractivity (Wildman–Crippen MR) is 129 cm³/mol. The van der Waals surface area contributed by atoms with Gasteiger partial charge in [0.25, 0.3) is 0 Å². The van der Waals surface area contributed by atoms with Crippen LogP contribution >= 0.6 is 0 Å². The molecule has 5 heteroatoms. The second kappa shape index (κ2) is 9.06. The fourth-order valence-corrected chi connectivity index (χ4v) is 4.31. The molecule has 31 heavy (non-hydrogen) atoms. The average molecular weight is 417 g/mol. The second-order valence-electron chi connectivity index (χ2n) is 8.58. The fourth-order valence-electron chi connectivity index (χ4n) is 4.31. The van der Waals surface area contributed by atoms with Crippen LogP contribution in [-0.4, -0.2) is 52.8 Å². The van der Waals surface area contributed by atoms with Crippen molar-refractivity contribution >= 4 is 28.8 Å². The van der Waals surface area contributed by atoms with Gasteiger partial charge in [0.2, 0.25) is 0 Å². The second-order valence-corrected chi connectivity index (χ2v) is 8.58. The van der Waals surface area contributed by atoms with Crippen LogP contribution in [0.15, 0.2) is 42.7 Å². The number of carbonyl (C=O) groups is 1. The molecule has 3 heterocycles. The lowest BCUT2D eigenvalue weighted by Gasteiger charge is -2.36. The van der Waals surface area contributed by atoms with Crippen molar-refractivity contribution in [3.8, 4) is 0 Å². The van der Waals surface area contributed by atoms with Crippen LogP contribution < -0.4 is 4.90 Å². The zero-order valence-corrected chi connectivity index (χ0v) is 19.1. The first-order valence-corrected chi connectivity index (χ1v) is 11.2. The minimum atomic E-state index is 0.0238. The monoisotopic (exact) mass is 416 g/mol. The summed E-state index contributed by atoms with van der Waals surface area (Å²) in [6.07, 6.45) is 7.17. The Labute approximate surface area is 185 Å². The van der Waals surface area contributed by atoms with E-state index in [0.29, 0.717) is 11.3 Å². The Bertz CT molecular complexity index is 1120. The lowest BCUT2D eigenvalue weighted by atomic mass is 10.0. The van der Waals surface area contributed by atoms with E-state index in [1.165, 1.54) is 24.2 Å². The molecular formula is C26H32N4O. The smallest absolute Gasteiger partial charge is 0.162 e. The first-order valence-electron chi connectivity index (χ1n) is 11.2. The van der Waals surface area contributed by atoms with E-state index in [-0.39, 0.29) is 5.78 Å². The topological polar surface area (TPSA) is 40.9 Å². The largest absolute Gasteiger partial charge is 0.369 e. The van der Waals surface area contributed by atoms with Crippen molar-refractivity contribution < 1.29 is 4.79 Å². The van der Waals surface area contributed by atoms with Gasteiger partial charge in [0.1, 0.15) is 5.65 Å². The van der Waals surface area contributed by atoms with Crippen molar-refractivity contribution in [2.45, 2.75) is 34.1 Å². The van der Waals surface area contributed by atoms with Gasteiger partial charge in [-0.25, -0.2) is 4.98 Å². The number of aromatic nitrogens is 2. The number of rotatable bonds is 6. The highest BCUT2D eigenvalue weighted by molar-refractivity contribution is 6.23. The number of carbonyl (C=O) groups excluding carboxylic acids is 1. The maximum absolute atomic E-state index is 12.5. The van der Waals surface area contributed by atoms with E-state index in [4.69, 9.17) is 0 Å². The maximum atomic E-state index is 12.5. The Morgan fingerprint density at radius 2 is 1.84 bits per heavy atom. The summed E-state index contributed by atoms with van der Waals surface area (Å²) >= 11 is 0. The molecule has 0 bridgehead atoms. The van der Waals surface area contributed by atoms with Crippen LogP contribution in [0.2, 0.25) is 0 Å². The Morgan fingerprint density at radius 1 is 1.06 bits per heavy atom. The summed E-state index contributed by atoms with van der Waals surface area (Å²) in [7, 11) is 0. The molecule has 2 aromatic heterocycles. The van der Waals surface area contributed by atoms with Gasteiger partial charge in [-0.15, -0.1) is 0 Å². The molecule has 0 spiro atoms. The van der Waals surface area contributed by atoms with Gasteiger partial charge in [-0.05, 0) is 74.7 Å². The molecule has 0 radical (unpaired) electrons. The van der Waals surface area contributed by atoms with E-state index in [1.54, 1.807) is 6.92 Å². The number of ketones is 1. The van der Waals surface area contributed by atoms with E-state index in [2.05, 4.69) is 53.8 Å². The number of piperazine rings is 1. The van der Waals surface area contributed by atoms with E-state index < -0.39 is 0 Å². The summed E-state index contributed by atoms with van der Waals surface area (Å²) in [6, 6.07) is 10.6. The van der Waals surface area contributed by atoms with Gasteiger partial charge >= 0.3 is 0 Å². The van der Waals surface area contributed by atoms with Crippen LogP contribution in [0.25, 0.3) is 17.3 Å². The number of hydrogen-bond donors (Lipinski definition) is 0. The van der Waals surface area contributed by atoms with Gasteiger partial charge in [-0.3, -0.25) is 9.69 Å². The zero-order valence-electron chi connectivity index (χ0n) is 19.1. The molecule has 4 rings (SSSR count). The number of hydrogen-bond acceptors (Lipinski definition) is 4. The number of fused-ring (bicyclic) bond motifs is 1. The van der Waals surface area contributed by atoms with Gasteiger partial charge in [0.15, 0.2) is 5.78 Å². The van der Waals surface area contributed by atoms with E-state index in [9.17, 15) is 4.79 Å². The quantitative estimate of drug-likeness (QED) is 0.550. The van der Waals surface area contributed by atoms with Gasteiger partial charge in [-0.2, -0.15) is 0 Å². The van der Waals surface area contributed by atoms with Crippen molar-refractivity contribution in [2.75, 3.05) is 37.6 Å². The molecule has 0 unspecified atom stereocenters. The molecular weight excluding hydrogens is 384 g/mol. The molecule has 1 aliphatic rings. The summed E-state index contributed by atoms with van der Waals surface area (Å²) in [5.74, 6) is 0.0238. The molecule has 162 valence electrons. The number of Topliss-reactive ketones (excluding diaryl/α,β-unsaturated/α-hetero) is 1. The summed E-state index contributed by atoms with van der Waals surface area (Å²) in [5, 5.41) is 0. The molecule has 1 aliphatic heterocycles. The Morgan fingerprint density at radius 3 is 2.52 bits per heavy atom. The number of nitrogens with zero attached hydrogens (tertiary/aromatic N) is 4. The third-order valence-electron chi connectivity index (χ3n) is 6.08. The number of aryl methyl sites for hydroxylation is 2. The average Bonchev–Trinajstić information content (AvgIpc) is 3.16. The minimum Gasteiger partial charge on any atom is -0.369 e. The van der Waals surface area contributed by atoms with Crippen LogP contribution in [0.1, 0.15) is 42.7 Å². The SMILES string of the molecule is CCCN1CCN(c2ccc(/C=C(\C(C)=O)c3cn4cc(C)ccc4n3)c(C)c2)CC1. The van der Waals surface area contributed by atoms with Crippen molar-refractivity contribution in [3.63, 3.8) is 0 Å². The number of anilines is 1. The highest BCUT2D eigenvalue weighted by Gasteiger charge is 2.17. The molecule has 0 aliphatic carbocycles. The highest BCUT2D eigenvalue weighted by Crippen LogP contribution is 2.25. The molecule has 1 saturated heterocycles. The van der Waals surface area contributed by atoms with Crippen molar-refractivity contribution in [2.24, 2.45) is 0 Å². The van der Waals surface area contributed by atoms with Crippen molar-refractivity contribution in [1.82, 2.24) is 14.3 Å². The molecule has 1 aromatic carbocycles. The first-order chi connectivity index (χ1) is 14.9. The third kappa shape index (κ3) is 4.72. The molecule has 3 aromatic rings. The van der Waals surface area contributed by atoms with E-state index in [0.717, 1.165) is 43.0 Å². The minimum absolute atomic E-state index is 0.0238. The lowest BCUT2D eigenvalue weighted by molar-refractivity contribution is -0.111. The molecule has 0 saturated carbocycles. The summed E-state index contributed by atoms with van der Waals surface area (Å²) < 4.78 is 1.98. The lowest BCUT2D eigenvalue weighted by Crippen LogP contribution is -2.46. The fraction of sp³-hybridized carbons (Fsp3) is 0.385. The Hall–Kier alpha value is -2.92. The van der Waals surface area contributed by atoms with E-state index >= 15 is 0 Å². The normalized spacial score (nSPS) is 15.6. The zero-order chi connectivity index (χ0) is 22.0. The van der Waals surface area contributed by atoms with Crippen LogP contribution in [0.5, 0.6) is 0 Å². The van der Waals surface area contributed by atoms with Gasteiger partial charge in [-0.1, -0.05) is 19.1 Å². The summed E-state index contributed by atoms with van der Waals surface area (Å²) in [4.78, 5) is 22.1. The predicted octanol–water partition coefficient (Wildman–Crippen LogP) is 4.61. The maximum Gasteiger partial charge on any atom is 0.162 e. The third-order valence-corrected chi connectivity index (χ3v) is 6.08. The van der Waals surface area contributed by atoms with Crippen molar-refractivity contribution in [1.29, 1.82) is 0 Å². The molecule has 0 atom stereocenters. The van der Waals surface area contributed by atoms with Gasteiger partial charge in [0, 0.05) is 49.8 Å². The summed E-state index contributed by atoms with van der Waals surface area (Å²) in [6.45, 7) is 13.6. The summed E-state index contributed by atoms with van der Waals surface area (Å²) in [5.41, 5.74) is 6.87. The standard InChI is InChI=1S/C26H32N4O/c1-5-10-28-11-13-29(14-12-28)23-8-7-22(20(3)15-23)16-24(21(4)31)25-18-30-17-19(2)6-9-26(30)27-25/h6-9,15-18H,5,10-14H2,1-4H3/b24-16+. The first kappa shape index (κ1) is 21.3. The highest BCUT2D eigenvalue weighted by atomic mass is 16.1. The Balaban J connectivity index is 1.59. The van der Waals surface area contributed by atoms with Gasteiger partial charge < -0.3 is 9.30 Å². The molecule has 1 fully saturated rings. The molecule has 5 nitrogen and oxygen atoms in total. The van der Waals surface area contributed by atoms with Crippen molar-refractivity contribution in [3.05, 3.63) is 65.1 Å². The van der Waals surface area contributed by atoms with E-state index in [1.807, 2.05) is 35.0 Å². The number of allylic oxidation sites excluding steroid dienone is 1. The molecule has 0 N–H and O–H groups in total. The molecule has 0 amide bonds.